The number of ether oxygens (including phenoxy) is 1. The molecule has 0 saturated carbocycles. The lowest BCUT2D eigenvalue weighted by Crippen LogP contribution is -2.30. The molecule has 2 rings (SSSR count). The van der Waals surface area contributed by atoms with Crippen LogP contribution in [0.3, 0.4) is 0 Å². The van der Waals surface area contributed by atoms with E-state index >= 15 is 0 Å². The van der Waals surface area contributed by atoms with Gasteiger partial charge in [0, 0.05) is 0 Å². The van der Waals surface area contributed by atoms with Crippen molar-refractivity contribution in [1.82, 2.24) is 0 Å². The van der Waals surface area contributed by atoms with E-state index in [-0.39, 0.29) is 0 Å². The topological polar surface area (TPSA) is 79.2 Å². The number of benzene rings is 1. The van der Waals surface area contributed by atoms with Crippen LogP contribution in [0.15, 0.2) is 36.4 Å². The standard InChI is InChI=1S/C15H11ClN2O3S/c1-9(21-15(20)12-6-7-13(16)22-12)14(19)18-11-5-3-2-4-10(11)8-17/h2-7,9H,1H3,(H,18,19). The second kappa shape index (κ2) is 7.07. The molecule has 0 aliphatic rings. The molecule has 5 nitrogen and oxygen atoms in total. The summed E-state index contributed by atoms with van der Waals surface area (Å²) in [7, 11) is 0. The van der Waals surface area contributed by atoms with Crippen molar-refractivity contribution in [1.29, 1.82) is 5.26 Å². The van der Waals surface area contributed by atoms with Crippen molar-refractivity contribution in [2.45, 2.75) is 13.0 Å². The highest BCUT2D eigenvalue weighted by atomic mass is 35.5. The van der Waals surface area contributed by atoms with Crippen LogP contribution in [-0.4, -0.2) is 18.0 Å². The lowest BCUT2D eigenvalue weighted by molar-refractivity contribution is -0.123. The van der Waals surface area contributed by atoms with Crippen LogP contribution in [0, 0.1) is 11.3 Å². The molecule has 112 valence electrons. The van der Waals surface area contributed by atoms with E-state index in [2.05, 4.69) is 5.32 Å². The molecule has 0 saturated heterocycles. The van der Waals surface area contributed by atoms with Crippen molar-refractivity contribution in [3.8, 4) is 6.07 Å². The Hall–Kier alpha value is -2.36. The average molecular weight is 335 g/mol. The van der Waals surface area contributed by atoms with Gasteiger partial charge in [-0.2, -0.15) is 5.26 Å². The zero-order valence-corrected chi connectivity index (χ0v) is 13.1. The molecule has 7 heteroatoms. The molecular weight excluding hydrogens is 324 g/mol. The summed E-state index contributed by atoms with van der Waals surface area (Å²) >= 11 is 6.82. The van der Waals surface area contributed by atoms with Gasteiger partial charge >= 0.3 is 5.97 Å². The number of hydrogen-bond acceptors (Lipinski definition) is 5. The smallest absolute Gasteiger partial charge is 0.349 e. The fourth-order valence-electron chi connectivity index (χ4n) is 1.62. The number of rotatable bonds is 4. The second-order valence-electron chi connectivity index (χ2n) is 4.30. The Morgan fingerprint density at radius 1 is 1.32 bits per heavy atom. The molecule has 2 aromatic rings. The van der Waals surface area contributed by atoms with E-state index in [4.69, 9.17) is 21.6 Å². The van der Waals surface area contributed by atoms with Crippen molar-refractivity contribution >= 4 is 40.5 Å². The van der Waals surface area contributed by atoms with Crippen molar-refractivity contribution in [2.24, 2.45) is 0 Å². The van der Waals surface area contributed by atoms with Gasteiger partial charge in [0.1, 0.15) is 10.9 Å². The predicted molar refractivity (Wildman–Crippen MR) is 84.0 cm³/mol. The molecule has 1 N–H and O–H groups in total. The summed E-state index contributed by atoms with van der Waals surface area (Å²) in [6.07, 6.45) is -1.000. The van der Waals surface area contributed by atoms with Crippen molar-refractivity contribution in [3.63, 3.8) is 0 Å². The maximum Gasteiger partial charge on any atom is 0.349 e. The van der Waals surface area contributed by atoms with E-state index in [0.717, 1.165) is 11.3 Å². The number of nitrogens with zero attached hydrogens (tertiary/aromatic N) is 1. The van der Waals surface area contributed by atoms with Gasteiger partial charge in [-0.3, -0.25) is 4.79 Å². The van der Waals surface area contributed by atoms with Crippen LogP contribution in [0.1, 0.15) is 22.2 Å². The third-order valence-electron chi connectivity index (χ3n) is 2.73. The summed E-state index contributed by atoms with van der Waals surface area (Å²) < 4.78 is 5.54. The minimum Gasteiger partial charge on any atom is -0.448 e. The van der Waals surface area contributed by atoms with E-state index in [1.165, 1.54) is 13.0 Å². The molecule has 1 aromatic carbocycles. The molecule has 1 amide bonds. The number of thiophene rings is 1. The van der Waals surface area contributed by atoms with E-state index < -0.39 is 18.0 Å². The monoisotopic (exact) mass is 334 g/mol. The Balaban J connectivity index is 2.01. The summed E-state index contributed by atoms with van der Waals surface area (Å²) in [5.41, 5.74) is 0.705. The normalized spacial score (nSPS) is 11.3. The Kier molecular flexibility index (Phi) is 5.15. The SMILES string of the molecule is CC(OC(=O)c1ccc(Cl)s1)C(=O)Nc1ccccc1C#N. The number of anilines is 1. The molecule has 0 bridgehead atoms. The molecule has 0 radical (unpaired) electrons. The molecule has 1 unspecified atom stereocenters. The summed E-state index contributed by atoms with van der Waals surface area (Å²) in [5.74, 6) is -1.13. The third-order valence-corrected chi connectivity index (χ3v) is 3.94. The number of carbonyl (C=O) groups is 2. The lowest BCUT2D eigenvalue weighted by atomic mass is 10.2. The van der Waals surface area contributed by atoms with Crippen molar-refractivity contribution in [3.05, 3.63) is 51.2 Å². The van der Waals surface area contributed by atoms with Gasteiger partial charge in [0.25, 0.3) is 5.91 Å². The Labute approximate surface area is 136 Å². The second-order valence-corrected chi connectivity index (χ2v) is 6.01. The maximum absolute atomic E-state index is 12.0. The summed E-state index contributed by atoms with van der Waals surface area (Å²) in [6.45, 7) is 1.46. The number of hydrogen-bond donors (Lipinski definition) is 1. The number of halogens is 1. The molecule has 0 spiro atoms. The highest BCUT2D eigenvalue weighted by Crippen LogP contribution is 2.22. The Morgan fingerprint density at radius 2 is 2.05 bits per heavy atom. The van der Waals surface area contributed by atoms with Crippen LogP contribution in [0.5, 0.6) is 0 Å². The van der Waals surface area contributed by atoms with Gasteiger partial charge in [0.2, 0.25) is 0 Å². The highest BCUT2D eigenvalue weighted by Gasteiger charge is 2.20. The number of nitrogens with one attached hydrogen (secondary N) is 1. The molecule has 1 heterocycles. The minimum atomic E-state index is -1.000. The summed E-state index contributed by atoms with van der Waals surface area (Å²) in [4.78, 5) is 24.2. The van der Waals surface area contributed by atoms with Gasteiger partial charge in [0.05, 0.1) is 15.6 Å². The number of nitriles is 1. The van der Waals surface area contributed by atoms with Crippen molar-refractivity contribution < 1.29 is 14.3 Å². The van der Waals surface area contributed by atoms with Gasteiger partial charge < -0.3 is 10.1 Å². The largest absolute Gasteiger partial charge is 0.448 e. The molecule has 0 fully saturated rings. The van der Waals surface area contributed by atoms with Gasteiger partial charge in [-0.05, 0) is 31.2 Å². The molecule has 22 heavy (non-hydrogen) atoms. The van der Waals surface area contributed by atoms with E-state index in [1.54, 1.807) is 30.3 Å². The van der Waals surface area contributed by atoms with Gasteiger partial charge in [-0.1, -0.05) is 23.7 Å². The number of esters is 1. The van der Waals surface area contributed by atoms with Crippen LogP contribution in [0.4, 0.5) is 5.69 Å². The van der Waals surface area contributed by atoms with Crippen molar-refractivity contribution in [2.75, 3.05) is 5.32 Å². The zero-order chi connectivity index (χ0) is 16.1. The number of para-hydroxylation sites is 1. The van der Waals surface area contributed by atoms with E-state index in [9.17, 15) is 9.59 Å². The first-order valence-corrected chi connectivity index (χ1v) is 7.47. The minimum absolute atomic E-state index is 0.321. The molecule has 1 atom stereocenters. The lowest BCUT2D eigenvalue weighted by Gasteiger charge is -2.13. The number of amides is 1. The van der Waals surface area contributed by atoms with Crippen LogP contribution in [0.2, 0.25) is 4.34 Å². The van der Waals surface area contributed by atoms with Gasteiger partial charge in [-0.15, -0.1) is 11.3 Å². The van der Waals surface area contributed by atoms with Crippen LogP contribution < -0.4 is 5.32 Å². The molecule has 0 aliphatic carbocycles. The summed E-state index contributed by atoms with van der Waals surface area (Å²) in [6, 6.07) is 11.7. The van der Waals surface area contributed by atoms with Crippen LogP contribution >= 0.6 is 22.9 Å². The highest BCUT2D eigenvalue weighted by molar-refractivity contribution is 7.17. The molecule has 0 aliphatic heterocycles. The first kappa shape index (κ1) is 16.0. The number of carbonyl (C=O) groups excluding carboxylic acids is 2. The third kappa shape index (κ3) is 3.85. The van der Waals surface area contributed by atoms with E-state index in [1.807, 2.05) is 6.07 Å². The Bertz CT molecular complexity index is 751. The first-order valence-electron chi connectivity index (χ1n) is 6.27. The summed E-state index contributed by atoms with van der Waals surface area (Å²) in [5, 5.41) is 11.5. The first-order chi connectivity index (χ1) is 10.5. The zero-order valence-electron chi connectivity index (χ0n) is 11.5. The fraction of sp³-hybridized carbons (Fsp3) is 0.133. The maximum atomic E-state index is 12.0. The fourth-order valence-corrected chi connectivity index (χ4v) is 2.55. The quantitative estimate of drug-likeness (QED) is 0.868. The van der Waals surface area contributed by atoms with E-state index in [0.29, 0.717) is 20.5 Å². The molecular formula is C15H11ClN2O3S. The van der Waals surface area contributed by atoms with Gasteiger partial charge in [0.15, 0.2) is 6.10 Å². The average Bonchev–Trinajstić information content (AvgIpc) is 2.94. The van der Waals surface area contributed by atoms with Gasteiger partial charge in [-0.25, -0.2) is 4.79 Å². The van der Waals surface area contributed by atoms with Crippen LogP contribution in [-0.2, 0) is 9.53 Å². The predicted octanol–water partition coefficient (Wildman–Crippen LogP) is 3.46. The molecule has 1 aromatic heterocycles. The van der Waals surface area contributed by atoms with Crippen LogP contribution in [0.25, 0.3) is 0 Å². The Morgan fingerprint density at radius 3 is 2.68 bits per heavy atom.